The Morgan fingerprint density at radius 3 is 2.52 bits per heavy atom. The van der Waals surface area contributed by atoms with Crippen LogP contribution >= 0.6 is 0 Å². The van der Waals surface area contributed by atoms with Crippen molar-refractivity contribution in [1.82, 2.24) is 5.32 Å². The summed E-state index contributed by atoms with van der Waals surface area (Å²) in [6, 6.07) is 10.2. The second-order valence-electron chi connectivity index (χ2n) is 6.83. The number of nitrogens with one attached hydrogen (secondary N) is 1. The molecule has 1 amide bonds. The lowest BCUT2D eigenvalue weighted by molar-refractivity contribution is -0.147. The SMILES string of the molecule is O=C(O)C1C2C=CC(C2)C1C(=O)NCCCOCCc1ccccc1. The Morgan fingerprint density at radius 2 is 1.80 bits per heavy atom. The van der Waals surface area contributed by atoms with E-state index in [2.05, 4.69) is 17.4 Å². The van der Waals surface area contributed by atoms with Gasteiger partial charge in [0.25, 0.3) is 0 Å². The molecule has 2 N–H and O–H groups in total. The van der Waals surface area contributed by atoms with Gasteiger partial charge in [0.1, 0.15) is 0 Å². The van der Waals surface area contributed by atoms with Gasteiger partial charge in [0.05, 0.1) is 18.4 Å². The Kier molecular flexibility index (Phi) is 5.87. The second-order valence-corrected chi connectivity index (χ2v) is 6.83. The molecular formula is C20H25NO4. The number of ether oxygens (including phenoxy) is 1. The highest BCUT2D eigenvalue weighted by Gasteiger charge is 2.51. The highest BCUT2D eigenvalue weighted by atomic mass is 16.5. The molecule has 5 nitrogen and oxygen atoms in total. The zero-order chi connectivity index (χ0) is 17.6. The summed E-state index contributed by atoms with van der Waals surface area (Å²) in [6.45, 7) is 1.77. The average molecular weight is 343 g/mol. The summed E-state index contributed by atoms with van der Waals surface area (Å²) < 4.78 is 5.60. The molecule has 1 saturated carbocycles. The number of carboxylic acids is 1. The van der Waals surface area contributed by atoms with Crippen molar-refractivity contribution in [2.75, 3.05) is 19.8 Å². The summed E-state index contributed by atoms with van der Waals surface area (Å²) >= 11 is 0. The maximum atomic E-state index is 12.4. The van der Waals surface area contributed by atoms with E-state index in [9.17, 15) is 14.7 Å². The lowest BCUT2D eigenvalue weighted by atomic mass is 9.82. The number of rotatable bonds is 9. The van der Waals surface area contributed by atoms with E-state index in [1.165, 1.54) is 5.56 Å². The van der Waals surface area contributed by atoms with Crippen molar-refractivity contribution in [3.8, 4) is 0 Å². The second kappa shape index (κ2) is 8.30. The molecule has 0 radical (unpaired) electrons. The van der Waals surface area contributed by atoms with Crippen LogP contribution in [0, 0.1) is 23.7 Å². The van der Waals surface area contributed by atoms with Gasteiger partial charge in [-0.2, -0.15) is 0 Å². The average Bonchev–Trinajstić information content (AvgIpc) is 3.23. The quantitative estimate of drug-likeness (QED) is 0.533. The molecule has 1 aromatic carbocycles. The van der Waals surface area contributed by atoms with E-state index < -0.39 is 17.8 Å². The van der Waals surface area contributed by atoms with E-state index in [0.29, 0.717) is 19.8 Å². The van der Waals surface area contributed by atoms with Gasteiger partial charge in [-0.3, -0.25) is 9.59 Å². The van der Waals surface area contributed by atoms with Gasteiger partial charge in [-0.25, -0.2) is 0 Å². The Bertz CT molecular complexity index is 628. The summed E-state index contributed by atoms with van der Waals surface area (Å²) in [6.07, 6.45) is 6.35. The van der Waals surface area contributed by atoms with Crippen LogP contribution in [-0.4, -0.2) is 36.7 Å². The molecule has 2 aliphatic carbocycles. The molecule has 0 spiro atoms. The van der Waals surface area contributed by atoms with E-state index in [4.69, 9.17) is 4.74 Å². The fourth-order valence-corrected chi connectivity index (χ4v) is 3.96. The maximum Gasteiger partial charge on any atom is 0.307 e. The minimum Gasteiger partial charge on any atom is -0.481 e. The Hall–Kier alpha value is -2.14. The van der Waals surface area contributed by atoms with Crippen LogP contribution in [0.3, 0.4) is 0 Å². The van der Waals surface area contributed by atoms with Crippen molar-refractivity contribution in [2.45, 2.75) is 19.3 Å². The number of fused-ring (bicyclic) bond motifs is 2. The van der Waals surface area contributed by atoms with Crippen molar-refractivity contribution < 1.29 is 19.4 Å². The normalized spacial score (nSPS) is 26.7. The number of aliphatic carboxylic acids is 1. The topological polar surface area (TPSA) is 75.6 Å². The van der Waals surface area contributed by atoms with E-state index in [-0.39, 0.29) is 17.7 Å². The number of carbonyl (C=O) groups excluding carboxylic acids is 1. The summed E-state index contributed by atoms with van der Waals surface area (Å²) in [7, 11) is 0. The Balaban J connectivity index is 1.32. The van der Waals surface area contributed by atoms with Gasteiger partial charge < -0.3 is 15.2 Å². The molecule has 1 aromatic rings. The van der Waals surface area contributed by atoms with E-state index in [0.717, 1.165) is 19.3 Å². The number of carboxylic acid groups (broad SMARTS) is 1. The summed E-state index contributed by atoms with van der Waals surface area (Å²) in [5, 5.41) is 12.3. The Labute approximate surface area is 148 Å². The molecule has 25 heavy (non-hydrogen) atoms. The zero-order valence-electron chi connectivity index (χ0n) is 14.3. The number of allylic oxidation sites excluding steroid dienone is 2. The molecule has 134 valence electrons. The van der Waals surface area contributed by atoms with E-state index in [1.54, 1.807) is 0 Å². The first-order valence-corrected chi connectivity index (χ1v) is 8.97. The van der Waals surface area contributed by atoms with Crippen molar-refractivity contribution >= 4 is 11.9 Å². The molecule has 0 saturated heterocycles. The third-order valence-electron chi connectivity index (χ3n) is 5.19. The molecule has 0 aliphatic heterocycles. The molecule has 0 heterocycles. The fraction of sp³-hybridized carbons (Fsp3) is 0.500. The van der Waals surface area contributed by atoms with E-state index >= 15 is 0 Å². The van der Waals surface area contributed by atoms with Crippen LogP contribution < -0.4 is 5.32 Å². The first-order valence-electron chi connectivity index (χ1n) is 8.97. The molecule has 4 atom stereocenters. The minimum absolute atomic E-state index is 0.0135. The van der Waals surface area contributed by atoms with Crippen LogP contribution in [0.4, 0.5) is 0 Å². The number of amides is 1. The van der Waals surface area contributed by atoms with Gasteiger partial charge >= 0.3 is 5.97 Å². The van der Waals surface area contributed by atoms with Crippen LogP contribution in [0.15, 0.2) is 42.5 Å². The number of hydrogen-bond donors (Lipinski definition) is 2. The summed E-state index contributed by atoms with van der Waals surface area (Å²) in [5.41, 5.74) is 1.25. The maximum absolute atomic E-state index is 12.4. The first-order chi connectivity index (χ1) is 12.2. The zero-order valence-corrected chi connectivity index (χ0v) is 14.3. The highest BCUT2D eigenvalue weighted by molar-refractivity contribution is 5.86. The fourth-order valence-electron chi connectivity index (χ4n) is 3.96. The third-order valence-corrected chi connectivity index (χ3v) is 5.19. The van der Waals surface area contributed by atoms with Crippen molar-refractivity contribution in [1.29, 1.82) is 0 Å². The van der Waals surface area contributed by atoms with Crippen molar-refractivity contribution in [3.63, 3.8) is 0 Å². The van der Waals surface area contributed by atoms with Crippen LogP contribution in [0.1, 0.15) is 18.4 Å². The van der Waals surface area contributed by atoms with Crippen LogP contribution in [0.25, 0.3) is 0 Å². The smallest absolute Gasteiger partial charge is 0.307 e. The molecule has 5 heteroatoms. The molecule has 2 aliphatic rings. The number of carbonyl (C=O) groups is 2. The molecule has 4 unspecified atom stereocenters. The van der Waals surface area contributed by atoms with Crippen LogP contribution in [0.5, 0.6) is 0 Å². The van der Waals surface area contributed by atoms with Gasteiger partial charge in [-0.05, 0) is 36.7 Å². The lowest BCUT2D eigenvalue weighted by Gasteiger charge is -2.23. The molecule has 3 rings (SSSR count). The standard InChI is InChI=1S/C20H25NO4/c22-19(17-15-7-8-16(13-15)18(17)20(23)24)21-10-4-11-25-12-9-14-5-2-1-3-6-14/h1-3,5-8,15-18H,4,9-13H2,(H,21,22)(H,23,24). The molecule has 1 fully saturated rings. The van der Waals surface area contributed by atoms with Gasteiger partial charge in [-0.15, -0.1) is 0 Å². The lowest BCUT2D eigenvalue weighted by Crippen LogP contribution is -2.40. The van der Waals surface area contributed by atoms with Crippen molar-refractivity contribution in [3.05, 3.63) is 48.0 Å². The summed E-state index contributed by atoms with van der Waals surface area (Å²) in [4.78, 5) is 23.8. The third kappa shape index (κ3) is 4.28. The number of benzene rings is 1. The van der Waals surface area contributed by atoms with Crippen molar-refractivity contribution in [2.24, 2.45) is 23.7 Å². The predicted octanol–water partition coefficient (Wildman–Crippen LogP) is 2.27. The van der Waals surface area contributed by atoms with Gasteiger partial charge in [-0.1, -0.05) is 42.5 Å². The molecule has 2 bridgehead atoms. The van der Waals surface area contributed by atoms with Gasteiger partial charge in [0.15, 0.2) is 0 Å². The van der Waals surface area contributed by atoms with Crippen LogP contribution in [0.2, 0.25) is 0 Å². The molecular weight excluding hydrogens is 318 g/mol. The first kappa shape index (κ1) is 17.7. The summed E-state index contributed by atoms with van der Waals surface area (Å²) in [5.74, 6) is -1.90. The van der Waals surface area contributed by atoms with Gasteiger partial charge in [0.2, 0.25) is 5.91 Å². The largest absolute Gasteiger partial charge is 0.481 e. The monoisotopic (exact) mass is 343 g/mol. The minimum atomic E-state index is -0.860. The van der Waals surface area contributed by atoms with E-state index in [1.807, 2.05) is 30.4 Å². The number of hydrogen-bond acceptors (Lipinski definition) is 3. The van der Waals surface area contributed by atoms with Gasteiger partial charge in [0, 0.05) is 13.2 Å². The Morgan fingerprint density at radius 1 is 1.08 bits per heavy atom. The predicted molar refractivity (Wildman–Crippen MR) is 93.9 cm³/mol. The molecule has 0 aromatic heterocycles. The van der Waals surface area contributed by atoms with Crippen LogP contribution in [-0.2, 0) is 20.7 Å². The highest BCUT2D eigenvalue weighted by Crippen LogP contribution is 2.48.